The number of nitrogens with two attached hydrogens (primary N) is 2. The van der Waals surface area contributed by atoms with Gasteiger partial charge in [-0.2, -0.15) is 8.78 Å². The molecule has 7 N–H and O–H groups in total. The Morgan fingerprint density at radius 3 is 1.11 bits per heavy atom. The second-order valence-electron chi connectivity index (χ2n) is 20.1. The van der Waals surface area contributed by atoms with Crippen LogP contribution in [-0.4, -0.2) is 143 Å². The molecule has 0 aliphatic carbocycles. The first-order valence-corrected chi connectivity index (χ1v) is 24.0. The number of likely N-dealkylation sites (N-methyl/N-ethyl adjacent to an activating group) is 2. The molecule has 4 rings (SSSR count). The third kappa shape index (κ3) is 26.1. The van der Waals surface area contributed by atoms with Gasteiger partial charge in [-0.15, -0.1) is 0 Å². The lowest BCUT2D eigenvalue weighted by atomic mass is 10.2. The maximum Gasteiger partial charge on any atom is 0.412 e. The SMILES string of the molecule is COc1cc(F)c([N+](=O)[O-])cc1N.COc1cc(F)c([N+](=O)[O-])cc1NC(=O)OC(C)(C)C.COc1cc(OCCN(C)C)c(N)cc1NC(=O)OC(C)(C)C.COc1cc(OCCN(C)C)c([N+](=O)[O-])cc1NC(=O)OC(C)(C)C. The van der Waals surface area contributed by atoms with Gasteiger partial charge in [0.25, 0.3) is 0 Å². The molecule has 0 saturated heterocycles. The van der Waals surface area contributed by atoms with E-state index >= 15 is 0 Å². The smallest absolute Gasteiger partial charge is 0.412 e. The summed E-state index contributed by atoms with van der Waals surface area (Å²) >= 11 is 0. The van der Waals surface area contributed by atoms with Crippen molar-refractivity contribution in [1.82, 2.24) is 9.80 Å². The molecule has 450 valence electrons. The zero-order valence-corrected chi connectivity index (χ0v) is 48.4. The minimum Gasteiger partial charge on any atom is -0.494 e. The molecule has 0 fully saturated rings. The molecule has 0 saturated carbocycles. The highest BCUT2D eigenvalue weighted by molar-refractivity contribution is 5.90. The Morgan fingerprint density at radius 2 is 0.765 bits per heavy atom. The maximum atomic E-state index is 13.4. The number of hydrogen-bond acceptors (Lipinski definition) is 22. The molecule has 28 nitrogen and oxygen atoms in total. The van der Waals surface area contributed by atoms with Gasteiger partial charge in [0.1, 0.15) is 58.8 Å². The fourth-order valence-electron chi connectivity index (χ4n) is 5.79. The summed E-state index contributed by atoms with van der Waals surface area (Å²) in [5, 5.41) is 39.6. The van der Waals surface area contributed by atoms with Gasteiger partial charge in [0.05, 0.1) is 71.6 Å². The normalized spacial score (nSPS) is 10.9. The molecule has 0 aliphatic heterocycles. The van der Waals surface area contributed by atoms with Gasteiger partial charge in [-0.3, -0.25) is 46.3 Å². The highest BCUT2D eigenvalue weighted by Crippen LogP contribution is 2.39. The zero-order chi connectivity index (χ0) is 62.3. The van der Waals surface area contributed by atoms with Crippen LogP contribution in [-0.2, 0) is 14.2 Å². The second-order valence-corrected chi connectivity index (χ2v) is 20.1. The van der Waals surface area contributed by atoms with Crippen LogP contribution >= 0.6 is 0 Å². The molecule has 4 aromatic carbocycles. The summed E-state index contributed by atoms with van der Waals surface area (Å²) in [7, 11) is 13.1. The van der Waals surface area contributed by atoms with Gasteiger partial charge in [-0.1, -0.05) is 0 Å². The number of amides is 3. The minimum atomic E-state index is -1.05. The van der Waals surface area contributed by atoms with E-state index < -0.39 is 72.9 Å². The molecule has 0 aromatic heterocycles. The number of hydrogen-bond donors (Lipinski definition) is 5. The second kappa shape index (κ2) is 31.6. The van der Waals surface area contributed by atoms with Crippen molar-refractivity contribution in [2.24, 2.45) is 0 Å². The first-order chi connectivity index (χ1) is 37.3. The van der Waals surface area contributed by atoms with Crippen molar-refractivity contribution in [3.05, 3.63) is 90.5 Å². The molecule has 0 radical (unpaired) electrons. The van der Waals surface area contributed by atoms with Crippen molar-refractivity contribution in [1.29, 1.82) is 0 Å². The fraction of sp³-hybridized carbons (Fsp3) is 0.471. The average molecular weight is 1150 g/mol. The Hall–Kier alpha value is -8.93. The summed E-state index contributed by atoms with van der Waals surface area (Å²) in [6.07, 6.45) is -2.13. The Morgan fingerprint density at radius 1 is 0.469 bits per heavy atom. The number of carbonyl (C=O) groups excluding carboxylic acids is 3. The van der Waals surface area contributed by atoms with E-state index in [1.165, 1.54) is 40.6 Å². The first-order valence-electron chi connectivity index (χ1n) is 24.0. The van der Waals surface area contributed by atoms with E-state index in [0.29, 0.717) is 36.0 Å². The van der Waals surface area contributed by atoms with Crippen LogP contribution in [0.1, 0.15) is 62.3 Å². The molecule has 0 unspecified atom stereocenters. The van der Waals surface area contributed by atoms with Gasteiger partial charge in [-0.25, -0.2) is 14.4 Å². The standard InChI is InChI=1S/C16H25N3O6.C16H27N3O4.C12H15FN2O5.C7H7FN2O3/c1-16(2,3)25-15(20)17-11-9-12(19(21)22)14(10-13(11)23-6)24-8-7-18(4)5;1-16(2,3)23-15(20)18-12-9-11(17)13(10-14(12)21-6)22-8-7-19(4)5;1-12(2,3)20-11(16)14-8-6-9(15(17)18)7(13)5-10(8)19-4;1-13-7-2-4(8)6(10(11)12)3-5(7)9/h9-10H,7-8H2,1-6H3,(H,17,20);9-10H,7-8,17H2,1-6H3,(H,18,20);5-6H,1-4H3,(H,14,16);2-3H,9H2,1H3. The molecule has 3 amide bonds. The number of nitrogens with zero attached hydrogens (tertiary/aromatic N) is 5. The predicted molar refractivity (Wildman–Crippen MR) is 298 cm³/mol. The van der Waals surface area contributed by atoms with E-state index in [0.717, 1.165) is 30.8 Å². The number of nitrogens with one attached hydrogen (secondary N) is 3. The topological polar surface area (TPSA) is 358 Å². The lowest BCUT2D eigenvalue weighted by Gasteiger charge is -2.21. The van der Waals surface area contributed by atoms with Crippen LogP contribution in [0.15, 0.2) is 48.5 Å². The van der Waals surface area contributed by atoms with Crippen LogP contribution in [0.2, 0.25) is 0 Å². The van der Waals surface area contributed by atoms with E-state index in [2.05, 4.69) is 20.7 Å². The number of nitro groups is 3. The van der Waals surface area contributed by atoms with Crippen LogP contribution in [0.4, 0.5) is 68.7 Å². The number of ether oxygens (including phenoxy) is 9. The van der Waals surface area contributed by atoms with Gasteiger partial charge in [0.15, 0.2) is 0 Å². The average Bonchev–Trinajstić information content (AvgIpc) is 3.31. The number of anilines is 5. The number of rotatable bonds is 18. The van der Waals surface area contributed by atoms with E-state index in [9.17, 15) is 53.5 Å². The van der Waals surface area contributed by atoms with E-state index in [1.54, 1.807) is 74.4 Å². The summed E-state index contributed by atoms with van der Waals surface area (Å²) < 4.78 is 72.8. The molecule has 30 heteroatoms. The molecular formula is C51H74F2N10O18. The van der Waals surface area contributed by atoms with Crippen molar-refractivity contribution in [2.45, 2.75) is 79.1 Å². The highest BCUT2D eigenvalue weighted by Gasteiger charge is 2.26. The highest BCUT2D eigenvalue weighted by atomic mass is 19.1. The summed E-state index contributed by atoms with van der Waals surface area (Å²) in [6, 6.07) is 9.31. The quantitative estimate of drug-likeness (QED) is 0.0267. The lowest BCUT2D eigenvalue weighted by molar-refractivity contribution is -0.387. The van der Waals surface area contributed by atoms with Gasteiger partial charge >= 0.3 is 35.3 Å². The van der Waals surface area contributed by atoms with Crippen molar-refractivity contribution in [3.8, 4) is 34.5 Å². The summed E-state index contributed by atoms with van der Waals surface area (Å²) in [4.78, 5) is 69.2. The monoisotopic (exact) mass is 1150 g/mol. The largest absolute Gasteiger partial charge is 0.494 e. The van der Waals surface area contributed by atoms with Crippen molar-refractivity contribution >= 4 is 63.8 Å². The molecule has 81 heavy (non-hydrogen) atoms. The third-order valence-electron chi connectivity index (χ3n) is 9.27. The van der Waals surface area contributed by atoms with E-state index in [4.69, 9.17) is 49.4 Å². The number of benzene rings is 4. The van der Waals surface area contributed by atoms with Gasteiger partial charge in [-0.05, 0) is 96.6 Å². The summed E-state index contributed by atoms with van der Waals surface area (Å²) in [6.45, 7) is 17.6. The Labute approximate surface area is 467 Å². The molecule has 0 aliphatic rings. The first kappa shape index (κ1) is 70.1. The molecule has 0 bridgehead atoms. The predicted octanol–water partition coefficient (Wildman–Crippen LogP) is 9.87. The number of methoxy groups -OCH3 is 4. The summed E-state index contributed by atoms with van der Waals surface area (Å²) in [5.41, 5.74) is 8.57. The van der Waals surface area contributed by atoms with Gasteiger partial charge in [0.2, 0.25) is 17.4 Å². The maximum absolute atomic E-state index is 13.4. The van der Waals surface area contributed by atoms with Crippen molar-refractivity contribution in [3.63, 3.8) is 0 Å². The molecule has 4 aromatic rings. The Bertz CT molecular complexity index is 2800. The fourth-order valence-corrected chi connectivity index (χ4v) is 5.79. The van der Waals surface area contributed by atoms with Crippen molar-refractivity contribution < 1.29 is 80.6 Å². The number of nitrogen functional groups attached to an aromatic ring is 2. The van der Waals surface area contributed by atoms with Crippen LogP contribution in [0.3, 0.4) is 0 Å². The molecule has 0 spiro atoms. The van der Waals surface area contributed by atoms with Gasteiger partial charge in [0, 0.05) is 55.6 Å². The molecular weight excluding hydrogens is 1080 g/mol. The van der Waals surface area contributed by atoms with Crippen LogP contribution in [0.25, 0.3) is 0 Å². The zero-order valence-electron chi connectivity index (χ0n) is 48.4. The minimum absolute atomic E-state index is 0.0376. The van der Waals surface area contributed by atoms with Crippen molar-refractivity contribution in [2.75, 3.05) is 110 Å². The Kier molecular flexibility index (Phi) is 27.3. The Balaban J connectivity index is 0.000000552. The molecule has 0 atom stereocenters. The van der Waals surface area contributed by atoms with Crippen LogP contribution in [0.5, 0.6) is 34.5 Å². The number of halogens is 2. The van der Waals surface area contributed by atoms with E-state index in [1.807, 2.05) is 38.0 Å². The number of nitro benzene ring substituents is 3. The van der Waals surface area contributed by atoms with Crippen LogP contribution in [0, 0.1) is 42.0 Å². The lowest BCUT2D eigenvalue weighted by Crippen LogP contribution is -2.27. The summed E-state index contributed by atoms with van der Waals surface area (Å²) in [5.74, 6) is -0.710. The molecule has 0 heterocycles. The third-order valence-corrected chi connectivity index (χ3v) is 9.27. The van der Waals surface area contributed by atoms with Gasteiger partial charge < -0.3 is 63.9 Å². The number of carbonyl (C=O) groups is 3. The van der Waals surface area contributed by atoms with E-state index in [-0.39, 0.29) is 52.4 Å². The van der Waals surface area contributed by atoms with Crippen LogP contribution < -0.4 is 55.8 Å².